The SMILES string of the molecule is COCc1cnc(N2CC(N)C2)nc1. The molecule has 0 spiro atoms. The second-order valence-electron chi connectivity index (χ2n) is 3.49. The molecule has 2 N–H and O–H groups in total. The first-order valence-electron chi connectivity index (χ1n) is 4.60. The second-order valence-corrected chi connectivity index (χ2v) is 3.49. The zero-order valence-electron chi connectivity index (χ0n) is 8.18. The number of anilines is 1. The largest absolute Gasteiger partial charge is 0.380 e. The number of ether oxygens (including phenoxy) is 1. The highest BCUT2D eigenvalue weighted by Crippen LogP contribution is 2.14. The van der Waals surface area contributed by atoms with E-state index in [4.69, 9.17) is 10.5 Å². The van der Waals surface area contributed by atoms with Gasteiger partial charge in [0.25, 0.3) is 0 Å². The van der Waals surface area contributed by atoms with E-state index >= 15 is 0 Å². The molecule has 0 amide bonds. The Balaban J connectivity index is 1.99. The molecule has 76 valence electrons. The lowest BCUT2D eigenvalue weighted by atomic mass is 10.1. The normalized spacial score (nSPS) is 16.9. The Bertz CT molecular complexity index is 294. The van der Waals surface area contributed by atoms with Gasteiger partial charge in [0, 0.05) is 44.2 Å². The Morgan fingerprint density at radius 1 is 1.50 bits per heavy atom. The standard InChI is InChI=1S/C9H14N4O/c1-14-6-7-2-11-9(12-3-7)13-4-8(10)5-13/h2-3,8H,4-6,10H2,1H3. The van der Waals surface area contributed by atoms with Gasteiger partial charge in [0.15, 0.2) is 0 Å². The number of rotatable bonds is 3. The van der Waals surface area contributed by atoms with Gasteiger partial charge in [-0.15, -0.1) is 0 Å². The Labute approximate surface area is 82.9 Å². The van der Waals surface area contributed by atoms with E-state index in [-0.39, 0.29) is 6.04 Å². The third kappa shape index (κ3) is 1.83. The lowest BCUT2D eigenvalue weighted by Gasteiger charge is -2.36. The van der Waals surface area contributed by atoms with Crippen LogP contribution in [0.3, 0.4) is 0 Å². The number of nitrogens with zero attached hydrogens (tertiary/aromatic N) is 3. The van der Waals surface area contributed by atoms with Crippen molar-refractivity contribution in [1.29, 1.82) is 0 Å². The molecule has 2 heterocycles. The van der Waals surface area contributed by atoms with Crippen LogP contribution in [-0.2, 0) is 11.3 Å². The quantitative estimate of drug-likeness (QED) is 0.720. The van der Waals surface area contributed by atoms with Gasteiger partial charge in [-0.3, -0.25) is 0 Å². The van der Waals surface area contributed by atoms with E-state index in [1.54, 1.807) is 19.5 Å². The molecule has 0 bridgehead atoms. The second kappa shape index (κ2) is 3.89. The molecule has 14 heavy (non-hydrogen) atoms. The van der Waals surface area contributed by atoms with Crippen LogP contribution in [0, 0.1) is 0 Å². The fraction of sp³-hybridized carbons (Fsp3) is 0.556. The van der Waals surface area contributed by atoms with Crippen LogP contribution in [0.1, 0.15) is 5.56 Å². The summed E-state index contributed by atoms with van der Waals surface area (Å²) in [4.78, 5) is 10.5. The number of aromatic nitrogens is 2. The average molecular weight is 194 g/mol. The van der Waals surface area contributed by atoms with E-state index in [0.29, 0.717) is 6.61 Å². The van der Waals surface area contributed by atoms with Crippen molar-refractivity contribution in [2.75, 3.05) is 25.1 Å². The summed E-state index contributed by atoms with van der Waals surface area (Å²) in [6, 6.07) is 0.275. The Kier molecular flexibility index (Phi) is 2.60. The maximum atomic E-state index is 5.67. The maximum absolute atomic E-state index is 5.67. The van der Waals surface area contributed by atoms with Crippen LogP contribution in [0.5, 0.6) is 0 Å². The molecule has 0 radical (unpaired) electrons. The zero-order chi connectivity index (χ0) is 9.97. The first-order chi connectivity index (χ1) is 6.79. The molecule has 1 aromatic rings. The van der Waals surface area contributed by atoms with Crippen LogP contribution in [0.2, 0.25) is 0 Å². The molecule has 0 atom stereocenters. The van der Waals surface area contributed by atoms with Gasteiger partial charge in [-0.05, 0) is 0 Å². The first-order valence-corrected chi connectivity index (χ1v) is 4.60. The highest BCUT2D eigenvalue weighted by Gasteiger charge is 2.24. The third-order valence-electron chi connectivity index (χ3n) is 2.20. The van der Waals surface area contributed by atoms with E-state index in [1.165, 1.54) is 0 Å². The number of hydrogen-bond acceptors (Lipinski definition) is 5. The molecule has 5 nitrogen and oxygen atoms in total. The van der Waals surface area contributed by atoms with Gasteiger partial charge in [-0.25, -0.2) is 9.97 Å². The Morgan fingerprint density at radius 3 is 2.64 bits per heavy atom. The van der Waals surface area contributed by atoms with Gasteiger partial charge in [0.1, 0.15) is 0 Å². The molecule has 0 aromatic carbocycles. The minimum atomic E-state index is 0.275. The molecule has 1 saturated heterocycles. The molecule has 1 fully saturated rings. The maximum Gasteiger partial charge on any atom is 0.225 e. The van der Waals surface area contributed by atoms with Gasteiger partial charge in [-0.2, -0.15) is 0 Å². The minimum Gasteiger partial charge on any atom is -0.380 e. The van der Waals surface area contributed by atoms with Gasteiger partial charge in [-0.1, -0.05) is 0 Å². The van der Waals surface area contributed by atoms with Crippen molar-refractivity contribution < 1.29 is 4.74 Å². The van der Waals surface area contributed by atoms with Gasteiger partial charge < -0.3 is 15.4 Å². The van der Waals surface area contributed by atoms with Gasteiger partial charge in [0.05, 0.1) is 6.61 Å². The summed E-state index contributed by atoms with van der Waals surface area (Å²) in [5, 5.41) is 0. The van der Waals surface area contributed by atoms with E-state index in [0.717, 1.165) is 24.6 Å². The molecule has 1 aliphatic heterocycles. The van der Waals surface area contributed by atoms with Crippen molar-refractivity contribution in [3.05, 3.63) is 18.0 Å². The van der Waals surface area contributed by atoms with Crippen molar-refractivity contribution in [3.8, 4) is 0 Å². The molecule has 1 aromatic heterocycles. The molecule has 2 rings (SSSR count). The molecule has 0 aliphatic carbocycles. The van der Waals surface area contributed by atoms with Crippen LogP contribution in [0.15, 0.2) is 12.4 Å². The van der Waals surface area contributed by atoms with E-state index in [9.17, 15) is 0 Å². The summed E-state index contributed by atoms with van der Waals surface area (Å²) in [7, 11) is 1.66. The van der Waals surface area contributed by atoms with Crippen molar-refractivity contribution in [2.45, 2.75) is 12.6 Å². The molecule has 0 unspecified atom stereocenters. The highest BCUT2D eigenvalue weighted by molar-refractivity contribution is 5.34. The van der Waals surface area contributed by atoms with Gasteiger partial charge in [0.2, 0.25) is 5.95 Å². The number of nitrogens with two attached hydrogens (primary N) is 1. The van der Waals surface area contributed by atoms with Crippen molar-refractivity contribution in [3.63, 3.8) is 0 Å². The summed E-state index contributed by atoms with van der Waals surface area (Å²) in [5.41, 5.74) is 6.65. The summed E-state index contributed by atoms with van der Waals surface area (Å²) in [6.45, 7) is 2.26. The van der Waals surface area contributed by atoms with Crippen LogP contribution >= 0.6 is 0 Å². The van der Waals surface area contributed by atoms with Crippen molar-refractivity contribution in [2.24, 2.45) is 5.73 Å². The lowest BCUT2D eigenvalue weighted by Crippen LogP contribution is -2.56. The summed E-state index contributed by atoms with van der Waals surface area (Å²) in [6.07, 6.45) is 3.57. The predicted octanol–water partition coefficient (Wildman–Crippen LogP) is -0.230. The monoisotopic (exact) mass is 194 g/mol. The van der Waals surface area contributed by atoms with Crippen molar-refractivity contribution >= 4 is 5.95 Å². The fourth-order valence-electron chi connectivity index (χ4n) is 1.43. The number of methoxy groups -OCH3 is 1. The molecular formula is C9H14N4O. The van der Waals surface area contributed by atoms with Crippen LogP contribution in [0.25, 0.3) is 0 Å². The topological polar surface area (TPSA) is 64.3 Å². The summed E-state index contributed by atoms with van der Waals surface area (Å²) in [5.74, 6) is 0.756. The average Bonchev–Trinajstić information content (AvgIpc) is 2.15. The molecule has 5 heteroatoms. The molecule has 0 saturated carbocycles. The molecule has 1 aliphatic rings. The summed E-state index contributed by atoms with van der Waals surface area (Å²) >= 11 is 0. The van der Waals surface area contributed by atoms with E-state index in [2.05, 4.69) is 14.9 Å². The van der Waals surface area contributed by atoms with Crippen LogP contribution < -0.4 is 10.6 Å². The third-order valence-corrected chi connectivity index (χ3v) is 2.20. The summed E-state index contributed by atoms with van der Waals surface area (Å²) < 4.78 is 4.97. The Hall–Kier alpha value is -1.20. The van der Waals surface area contributed by atoms with Gasteiger partial charge >= 0.3 is 0 Å². The smallest absolute Gasteiger partial charge is 0.225 e. The van der Waals surface area contributed by atoms with Crippen LogP contribution in [0.4, 0.5) is 5.95 Å². The van der Waals surface area contributed by atoms with Crippen molar-refractivity contribution in [1.82, 2.24) is 9.97 Å². The van der Waals surface area contributed by atoms with E-state index < -0.39 is 0 Å². The zero-order valence-corrected chi connectivity index (χ0v) is 8.18. The van der Waals surface area contributed by atoms with E-state index in [1.807, 2.05) is 0 Å². The number of hydrogen-bond donors (Lipinski definition) is 1. The highest BCUT2D eigenvalue weighted by atomic mass is 16.5. The first kappa shape index (κ1) is 9.36. The lowest BCUT2D eigenvalue weighted by molar-refractivity contribution is 0.184. The fourth-order valence-corrected chi connectivity index (χ4v) is 1.43. The predicted molar refractivity (Wildman–Crippen MR) is 52.9 cm³/mol. The van der Waals surface area contributed by atoms with Crippen LogP contribution in [-0.4, -0.2) is 36.2 Å². The Morgan fingerprint density at radius 2 is 2.14 bits per heavy atom. The molecular weight excluding hydrogens is 180 g/mol. The minimum absolute atomic E-state index is 0.275.